The molecule has 1 aromatic carbocycles. The van der Waals surface area contributed by atoms with Crippen LogP contribution < -0.4 is 10.1 Å². The summed E-state index contributed by atoms with van der Waals surface area (Å²) in [5.41, 5.74) is 1.23. The molecule has 0 saturated heterocycles. The molecule has 0 radical (unpaired) electrons. The van der Waals surface area contributed by atoms with Gasteiger partial charge in [0, 0.05) is 0 Å². The molecule has 0 fully saturated rings. The van der Waals surface area contributed by atoms with E-state index in [1.54, 1.807) is 19.2 Å². The van der Waals surface area contributed by atoms with E-state index in [9.17, 15) is 4.79 Å². The number of methoxy groups -OCH3 is 1. The lowest BCUT2D eigenvalue weighted by Crippen LogP contribution is -2.12. The fraction of sp³-hybridized carbons (Fsp3) is 0.0714. The minimum Gasteiger partial charge on any atom is -0.495 e. The third-order valence-electron chi connectivity index (χ3n) is 2.80. The molecule has 0 aliphatic heterocycles. The predicted molar refractivity (Wildman–Crippen MR) is 84.2 cm³/mol. The Morgan fingerprint density at radius 2 is 2.10 bits per heavy atom. The van der Waals surface area contributed by atoms with Crippen LogP contribution in [0.5, 0.6) is 5.75 Å². The van der Waals surface area contributed by atoms with Gasteiger partial charge >= 0.3 is 0 Å². The van der Waals surface area contributed by atoms with Crippen LogP contribution in [0.4, 0.5) is 5.69 Å². The van der Waals surface area contributed by atoms with Crippen molar-refractivity contribution in [3.05, 3.63) is 46.7 Å². The molecule has 1 amide bonds. The Balaban J connectivity index is 1.89. The minimum absolute atomic E-state index is 0.238. The maximum absolute atomic E-state index is 12.4. The average Bonchev–Trinajstić information content (AvgIpc) is 3.18. The van der Waals surface area contributed by atoms with Gasteiger partial charge in [-0.2, -0.15) is 0 Å². The third kappa shape index (κ3) is 2.79. The molecule has 7 heteroatoms. The molecule has 0 unspecified atom stereocenters. The number of amides is 1. The molecular weight excluding hydrogens is 306 g/mol. The summed E-state index contributed by atoms with van der Waals surface area (Å²) in [6.07, 6.45) is 0. The minimum atomic E-state index is -0.238. The van der Waals surface area contributed by atoms with Crippen LogP contribution in [0, 0.1) is 0 Å². The smallest absolute Gasteiger partial charge is 0.269 e. The largest absolute Gasteiger partial charge is 0.495 e. The van der Waals surface area contributed by atoms with Gasteiger partial charge in [0.2, 0.25) is 0 Å². The van der Waals surface area contributed by atoms with Gasteiger partial charge in [0.05, 0.1) is 17.7 Å². The molecule has 0 aliphatic rings. The molecule has 5 nitrogen and oxygen atoms in total. The molecule has 3 rings (SSSR count). The lowest BCUT2D eigenvalue weighted by Gasteiger charge is -2.08. The molecule has 2 aromatic heterocycles. The number of aromatic nitrogens is 2. The second-order valence-electron chi connectivity index (χ2n) is 4.08. The van der Waals surface area contributed by atoms with E-state index in [4.69, 9.17) is 4.74 Å². The van der Waals surface area contributed by atoms with E-state index in [2.05, 4.69) is 14.9 Å². The Bertz CT molecular complexity index is 753. The number of nitrogens with one attached hydrogen (secondary N) is 1. The third-order valence-corrected chi connectivity index (χ3v) is 4.41. The predicted octanol–water partition coefficient (Wildman–Crippen LogP) is 3.53. The fourth-order valence-corrected chi connectivity index (χ4v) is 3.20. The van der Waals surface area contributed by atoms with Gasteiger partial charge in [0.1, 0.15) is 16.3 Å². The van der Waals surface area contributed by atoms with Crippen molar-refractivity contribution in [1.82, 2.24) is 9.59 Å². The van der Waals surface area contributed by atoms with Crippen molar-refractivity contribution in [1.29, 1.82) is 0 Å². The molecule has 0 saturated carbocycles. The van der Waals surface area contributed by atoms with Gasteiger partial charge in [-0.15, -0.1) is 16.4 Å². The van der Waals surface area contributed by atoms with Crippen LogP contribution in [-0.4, -0.2) is 22.6 Å². The summed E-state index contributed by atoms with van der Waals surface area (Å²) in [6, 6.07) is 11.1. The Morgan fingerprint density at radius 1 is 1.24 bits per heavy atom. The van der Waals surface area contributed by atoms with Gasteiger partial charge in [0.25, 0.3) is 5.91 Å². The second-order valence-corrected chi connectivity index (χ2v) is 5.78. The first-order valence-electron chi connectivity index (χ1n) is 6.10. The second kappa shape index (κ2) is 6.02. The molecule has 1 N–H and O–H groups in total. The number of carbonyl (C=O) groups is 1. The maximum Gasteiger partial charge on any atom is 0.269 e. The highest BCUT2D eigenvalue weighted by atomic mass is 32.1. The Morgan fingerprint density at radius 3 is 2.86 bits per heavy atom. The summed E-state index contributed by atoms with van der Waals surface area (Å²) in [7, 11) is 1.57. The van der Waals surface area contributed by atoms with Crippen molar-refractivity contribution >= 4 is 34.5 Å². The summed E-state index contributed by atoms with van der Waals surface area (Å²) in [4.78, 5) is 13.8. The molecule has 2 heterocycles. The van der Waals surface area contributed by atoms with Crippen LogP contribution in [0.25, 0.3) is 10.6 Å². The van der Waals surface area contributed by atoms with Crippen LogP contribution in [-0.2, 0) is 0 Å². The van der Waals surface area contributed by atoms with Crippen molar-refractivity contribution in [2.45, 2.75) is 0 Å². The lowest BCUT2D eigenvalue weighted by molar-refractivity contribution is 0.103. The summed E-state index contributed by atoms with van der Waals surface area (Å²) in [5.74, 6) is 0.374. The standard InChI is InChI=1S/C14H11N3O2S2/c1-19-10-6-3-2-5-9(10)15-14(18)13-12(16-17-21-13)11-7-4-8-20-11/h2-8H,1H3,(H,15,18). The van der Waals surface area contributed by atoms with E-state index in [1.165, 1.54) is 11.3 Å². The molecule has 0 spiro atoms. The van der Waals surface area contributed by atoms with E-state index in [-0.39, 0.29) is 5.91 Å². The number of hydrogen-bond acceptors (Lipinski definition) is 6. The Labute approximate surface area is 129 Å². The van der Waals surface area contributed by atoms with Crippen LogP contribution in [0.15, 0.2) is 41.8 Å². The number of rotatable bonds is 4. The number of nitrogens with zero attached hydrogens (tertiary/aromatic N) is 2. The molecule has 0 aliphatic carbocycles. The van der Waals surface area contributed by atoms with E-state index in [0.717, 1.165) is 16.4 Å². The summed E-state index contributed by atoms with van der Waals surface area (Å²) >= 11 is 2.61. The van der Waals surface area contributed by atoms with Gasteiger partial charge in [-0.05, 0) is 35.1 Å². The van der Waals surface area contributed by atoms with Crippen molar-refractivity contribution < 1.29 is 9.53 Å². The van der Waals surface area contributed by atoms with Crippen molar-refractivity contribution in [3.63, 3.8) is 0 Å². The van der Waals surface area contributed by atoms with E-state index in [0.29, 0.717) is 22.0 Å². The monoisotopic (exact) mass is 317 g/mol. The summed E-state index contributed by atoms with van der Waals surface area (Å²) in [5, 5.41) is 8.83. The molecule has 0 atom stereocenters. The Kier molecular flexibility index (Phi) is 3.94. The lowest BCUT2D eigenvalue weighted by atomic mass is 10.2. The highest BCUT2D eigenvalue weighted by Crippen LogP contribution is 2.30. The first-order valence-corrected chi connectivity index (χ1v) is 7.75. The number of para-hydroxylation sites is 2. The summed E-state index contributed by atoms with van der Waals surface area (Å²) in [6.45, 7) is 0. The SMILES string of the molecule is COc1ccccc1NC(=O)c1snnc1-c1cccs1. The maximum atomic E-state index is 12.4. The number of thiophene rings is 1. The number of benzene rings is 1. The van der Waals surface area contributed by atoms with E-state index < -0.39 is 0 Å². The molecule has 106 valence electrons. The van der Waals surface area contributed by atoms with Gasteiger partial charge in [-0.25, -0.2) is 0 Å². The van der Waals surface area contributed by atoms with Crippen LogP contribution in [0.2, 0.25) is 0 Å². The highest BCUT2D eigenvalue weighted by Gasteiger charge is 2.19. The molecule has 3 aromatic rings. The zero-order valence-electron chi connectivity index (χ0n) is 11.1. The van der Waals surface area contributed by atoms with Crippen LogP contribution >= 0.6 is 22.9 Å². The number of anilines is 1. The van der Waals surface area contributed by atoms with Crippen molar-refractivity contribution in [3.8, 4) is 16.3 Å². The zero-order valence-corrected chi connectivity index (χ0v) is 12.7. The van der Waals surface area contributed by atoms with E-state index in [1.807, 2.05) is 29.6 Å². The van der Waals surface area contributed by atoms with Gasteiger partial charge in [-0.3, -0.25) is 4.79 Å². The molecular formula is C14H11N3O2S2. The first kappa shape index (κ1) is 13.7. The topological polar surface area (TPSA) is 64.1 Å². The quantitative estimate of drug-likeness (QED) is 0.799. The van der Waals surface area contributed by atoms with Crippen LogP contribution in [0.3, 0.4) is 0 Å². The zero-order chi connectivity index (χ0) is 14.7. The van der Waals surface area contributed by atoms with E-state index >= 15 is 0 Å². The average molecular weight is 317 g/mol. The van der Waals surface area contributed by atoms with Crippen molar-refractivity contribution in [2.75, 3.05) is 12.4 Å². The first-order chi connectivity index (χ1) is 10.3. The van der Waals surface area contributed by atoms with Crippen molar-refractivity contribution in [2.24, 2.45) is 0 Å². The van der Waals surface area contributed by atoms with Gasteiger partial charge in [-0.1, -0.05) is 22.7 Å². The van der Waals surface area contributed by atoms with Crippen LogP contribution in [0.1, 0.15) is 9.67 Å². The number of hydrogen-bond donors (Lipinski definition) is 1. The normalized spacial score (nSPS) is 10.3. The Hall–Kier alpha value is -2.25. The van der Waals surface area contributed by atoms with Gasteiger partial charge < -0.3 is 10.1 Å². The number of ether oxygens (including phenoxy) is 1. The van der Waals surface area contributed by atoms with Gasteiger partial charge in [0.15, 0.2) is 0 Å². The molecule has 21 heavy (non-hydrogen) atoms. The fourth-order valence-electron chi connectivity index (χ4n) is 1.84. The highest BCUT2D eigenvalue weighted by molar-refractivity contribution is 7.14. The molecule has 0 bridgehead atoms. The number of carbonyl (C=O) groups excluding carboxylic acids is 1. The summed E-state index contributed by atoms with van der Waals surface area (Å²) < 4.78 is 9.12.